The van der Waals surface area contributed by atoms with Crippen LogP contribution in [0.4, 0.5) is 11.4 Å². The van der Waals surface area contributed by atoms with Crippen molar-refractivity contribution < 1.29 is 23.2 Å². The zero-order chi connectivity index (χ0) is 16.2. The highest BCUT2D eigenvalue weighted by molar-refractivity contribution is 7.90. The van der Waals surface area contributed by atoms with Crippen LogP contribution in [0.5, 0.6) is 0 Å². The number of carbonyl (C=O) groups is 1. The summed E-state index contributed by atoms with van der Waals surface area (Å²) in [6.45, 7) is 3.61. The molecule has 2 N–H and O–H groups in total. The van der Waals surface area contributed by atoms with Gasteiger partial charge in [0.25, 0.3) is 5.69 Å². The number of nitrogens with one attached hydrogen (secondary N) is 1. The molecule has 0 fully saturated rings. The Hall–Kier alpha value is -2.20. The topological polar surface area (TPSA) is 130 Å². The van der Waals surface area contributed by atoms with E-state index >= 15 is 0 Å². The van der Waals surface area contributed by atoms with E-state index in [0.29, 0.717) is 0 Å². The van der Waals surface area contributed by atoms with Crippen LogP contribution in [-0.2, 0) is 10.2 Å². The van der Waals surface area contributed by atoms with Gasteiger partial charge in [-0.25, -0.2) is 4.79 Å². The number of nitro benzene ring substituents is 1. The fourth-order valence-corrected chi connectivity index (χ4v) is 2.94. The summed E-state index contributed by atoms with van der Waals surface area (Å²) in [5.41, 5.74) is -1.11. The predicted molar refractivity (Wildman–Crippen MR) is 75.5 cm³/mol. The molecule has 0 aromatic heterocycles. The standard InChI is InChI=1S/C11H15N3O6S/c1-3-13(4-2)21(19,20)12-10-7-8(14(17)18)5-6-9(10)11(15)16/h5-7,12H,3-4H2,1-2H3,(H,15,16). The summed E-state index contributed by atoms with van der Waals surface area (Å²) >= 11 is 0. The van der Waals surface area contributed by atoms with Gasteiger partial charge in [0.1, 0.15) is 0 Å². The van der Waals surface area contributed by atoms with Crippen molar-refractivity contribution in [3.05, 3.63) is 33.9 Å². The summed E-state index contributed by atoms with van der Waals surface area (Å²) in [4.78, 5) is 21.1. The lowest BCUT2D eigenvalue weighted by Crippen LogP contribution is -2.35. The highest BCUT2D eigenvalue weighted by atomic mass is 32.2. The summed E-state index contributed by atoms with van der Waals surface area (Å²) in [7, 11) is -3.98. The molecule has 0 spiro atoms. The summed E-state index contributed by atoms with van der Waals surface area (Å²) < 4.78 is 27.3. The average molecular weight is 317 g/mol. The fraction of sp³-hybridized carbons (Fsp3) is 0.364. The second kappa shape index (κ2) is 6.50. The Balaban J connectivity index is 3.30. The number of hydrogen-bond acceptors (Lipinski definition) is 5. The van der Waals surface area contributed by atoms with E-state index in [9.17, 15) is 23.3 Å². The molecule has 0 radical (unpaired) electrons. The Morgan fingerprint density at radius 2 is 1.95 bits per heavy atom. The van der Waals surface area contributed by atoms with Gasteiger partial charge in [-0.15, -0.1) is 0 Å². The summed E-state index contributed by atoms with van der Waals surface area (Å²) in [6, 6.07) is 2.86. The van der Waals surface area contributed by atoms with Gasteiger partial charge in [0, 0.05) is 25.2 Å². The number of hydrogen-bond donors (Lipinski definition) is 2. The number of nitrogens with zero attached hydrogens (tertiary/aromatic N) is 2. The minimum Gasteiger partial charge on any atom is -0.478 e. The number of benzene rings is 1. The van der Waals surface area contributed by atoms with Crippen molar-refractivity contribution in [1.29, 1.82) is 0 Å². The molecule has 9 nitrogen and oxygen atoms in total. The Morgan fingerprint density at radius 3 is 2.38 bits per heavy atom. The van der Waals surface area contributed by atoms with Gasteiger partial charge in [0.05, 0.1) is 16.2 Å². The van der Waals surface area contributed by atoms with E-state index in [1.807, 2.05) is 0 Å². The Labute approximate surface area is 121 Å². The van der Waals surface area contributed by atoms with Gasteiger partial charge < -0.3 is 5.11 Å². The molecule has 0 amide bonds. The number of carboxylic acid groups (broad SMARTS) is 1. The van der Waals surface area contributed by atoms with Crippen molar-refractivity contribution >= 4 is 27.6 Å². The second-order valence-corrected chi connectivity index (χ2v) is 5.65. The van der Waals surface area contributed by atoms with E-state index in [0.717, 1.165) is 22.5 Å². The first-order valence-corrected chi connectivity index (χ1v) is 7.46. The lowest BCUT2D eigenvalue weighted by atomic mass is 10.1. The predicted octanol–water partition coefficient (Wildman–Crippen LogP) is 1.29. The number of non-ortho nitro benzene ring substituents is 1. The highest BCUT2D eigenvalue weighted by Crippen LogP contribution is 2.24. The molecular weight excluding hydrogens is 302 g/mol. The van der Waals surface area contributed by atoms with Crippen LogP contribution in [0.2, 0.25) is 0 Å². The quantitative estimate of drug-likeness (QED) is 0.575. The molecule has 0 saturated carbocycles. The third-order valence-corrected chi connectivity index (χ3v) is 4.40. The van der Waals surface area contributed by atoms with Crippen molar-refractivity contribution in [2.24, 2.45) is 0 Å². The largest absolute Gasteiger partial charge is 0.478 e. The lowest BCUT2D eigenvalue weighted by Gasteiger charge is -2.20. The van der Waals surface area contributed by atoms with Gasteiger partial charge in [0.2, 0.25) is 0 Å². The van der Waals surface area contributed by atoms with Crippen LogP contribution < -0.4 is 4.72 Å². The maximum atomic E-state index is 12.1. The van der Waals surface area contributed by atoms with Crippen LogP contribution in [-0.4, -0.2) is 41.8 Å². The van der Waals surface area contributed by atoms with Crippen LogP contribution in [0.3, 0.4) is 0 Å². The van der Waals surface area contributed by atoms with Gasteiger partial charge >= 0.3 is 16.2 Å². The molecule has 0 aliphatic rings. The van der Waals surface area contributed by atoms with Crippen molar-refractivity contribution in [2.75, 3.05) is 17.8 Å². The Kier molecular flexibility index (Phi) is 5.22. The molecule has 10 heteroatoms. The molecular formula is C11H15N3O6S. The van der Waals surface area contributed by atoms with Gasteiger partial charge in [-0.3, -0.25) is 14.8 Å². The molecule has 0 unspecified atom stereocenters. The van der Waals surface area contributed by atoms with E-state index in [1.54, 1.807) is 13.8 Å². The van der Waals surface area contributed by atoms with Crippen molar-refractivity contribution in [3.63, 3.8) is 0 Å². The minimum atomic E-state index is -3.98. The van der Waals surface area contributed by atoms with Gasteiger partial charge in [-0.1, -0.05) is 13.8 Å². The molecule has 0 aliphatic carbocycles. The van der Waals surface area contributed by atoms with Crippen LogP contribution in [0, 0.1) is 10.1 Å². The molecule has 0 bridgehead atoms. The fourth-order valence-electron chi connectivity index (χ4n) is 1.68. The molecule has 0 saturated heterocycles. The maximum absolute atomic E-state index is 12.1. The Bertz CT molecular complexity index is 654. The van der Waals surface area contributed by atoms with Crippen LogP contribution >= 0.6 is 0 Å². The third kappa shape index (κ3) is 3.89. The average Bonchev–Trinajstić information content (AvgIpc) is 2.38. The highest BCUT2D eigenvalue weighted by Gasteiger charge is 2.23. The molecule has 1 aromatic rings. The van der Waals surface area contributed by atoms with Crippen molar-refractivity contribution in [1.82, 2.24) is 4.31 Å². The van der Waals surface area contributed by atoms with Gasteiger partial charge in [-0.05, 0) is 6.07 Å². The van der Waals surface area contributed by atoms with E-state index in [2.05, 4.69) is 4.72 Å². The molecule has 0 heterocycles. The Morgan fingerprint density at radius 1 is 1.38 bits per heavy atom. The monoisotopic (exact) mass is 317 g/mol. The van der Waals surface area contributed by atoms with E-state index in [4.69, 9.17) is 5.11 Å². The number of aromatic carboxylic acids is 1. The van der Waals surface area contributed by atoms with E-state index in [-0.39, 0.29) is 24.3 Å². The summed E-state index contributed by atoms with van der Waals surface area (Å²) in [6.07, 6.45) is 0. The molecule has 1 aromatic carbocycles. The van der Waals surface area contributed by atoms with E-state index in [1.165, 1.54) is 0 Å². The smallest absolute Gasteiger partial charge is 0.337 e. The van der Waals surface area contributed by atoms with Gasteiger partial charge in [0.15, 0.2) is 0 Å². The van der Waals surface area contributed by atoms with Crippen molar-refractivity contribution in [2.45, 2.75) is 13.8 Å². The SMILES string of the molecule is CCN(CC)S(=O)(=O)Nc1cc([N+](=O)[O-])ccc1C(=O)O. The molecule has 116 valence electrons. The van der Waals surface area contributed by atoms with E-state index < -0.39 is 26.8 Å². The second-order valence-electron chi connectivity index (χ2n) is 3.98. The van der Waals surface area contributed by atoms with Gasteiger partial charge in [-0.2, -0.15) is 12.7 Å². The minimum absolute atomic E-state index is 0.184. The van der Waals surface area contributed by atoms with Crippen LogP contribution in [0.15, 0.2) is 18.2 Å². The summed E-state index contributed by atoms with van der Waals surface area (Å²) in [5, 5.41) is 19.7. The number of anilines is 1. The third-order valence-electron chi connectivity index (χ3n) is 2.73. The molecule has 1 rings (SSSR count). The first-order chi connectivity index (χ1) is 9.72. The maximum Gasteiger partial charge on any atom is 0.337 e. The number of rotatable bonds is 7. The first kappa shape index (κ1) is 16.9. The molecule has 0 atom stereocenters. The van der Waals surface area contributed by atoms with Crippen LogP contribution in [0.25, 0.3) is 0 Å². The lowest BCUT2D eigenvalue weighted by molar-refractivity contribution is -0.384. The summed E-state index contributed by atoms with van der Waals surface area (Å²) in [5.74, 6) is -1.39. The zero-order valence-corrected chi connectivity index (χ0v) is 12.3. The normalized spacial score (nSPS) is 11.4. The zero-order valence-electron chi connectivity index (χ0n) is 11.4. The molecule has 21 heavy (non-hydrogen) atoms. The number of nitro groups is 1. The first-order valence-electron chi connectivity index (χ1n) is 6.02. The molecule has 0 aliphatic heterocycles. The van der Waals surface area contributed by atoms with Crippen molar-refractivity contribution in [3.8, 4) is 0 Å². The van der Waals surface area contributed by atoms with Crippen LogP contribution in [0.1, 0.15) is 24.2 Å². The number of carboxylic acids is 1.